The predicted octanol–water partition coefficient (Wildman–Crippen LogP) is 5.01. The summed E-state index contributed by atoms with van der Waals surface area (Å²) in [6.45, 7) is 3.97. The van der Waals surface area contributed by atoms with Crippen LogP contribution < -0.4 is 4.74 Å². The Morgan fingerprint density at radius 3 is 2.63 bits per heavy atom. The van der Waals surface area contributed by atoms with E-state index in [0.29, 0.717) is 27.8 Å². The zero-order valence-corrected chi connectivity index (χ0v) is 18.0. The number of nitrogens with zero attached hydrogens (tertiary/aromatic N) is 1. The minimum absolute atomic E-state index is 0.100. The molecule has 3 rings (SSSR count). The lowest BCUT2D eigenvalue weighted by atomic mass is 10.0. The molecule has 1 aliphatic heterocycles. The molecule has 0 amide bonds. The first kappa shape index (κ1) is 21.9. The van der Waals surface area contributed by atoms with Gasteiger partial charge in [-0.2, -0.15) is 0 Å². The van der Waals surface area contributed by atoms with Crippen LogP contribution in [0.2, 0.25) is 5.02 Å². The van der Waals surface area contributed by atoms with Gasteiger partial charge in [0.2, 0.25) is 0 Å². The van der Waals surface area contributed by atoms with E-state index >= 15 is 0 Å². The minimum atomic E-state index is -1.11. The Morgan fingerprint density at radius 1 is 1.23 bits per heavy atom. The highest BCUT2D eigenvalue weighted by Crippen LogP contribution is 2.40. The number of ether oxygens (including phenoxy) is 2. The number of rotatable bonds is 6. The molecule has 0 bridgehead atoms. The molecule has 2 aromatic carbocycles. The minimum Gasteiger partial charge on any atom is -0.503 e. The SMILES string of the molecule is CCOC(=O)C1C(=O)C(=Cc2cc(Cl)c(O)c(OCC)c2)SC1=Nc1ccccc1. The zero-order chi connectivity index (χ0) is 21.7. The number of aromatic hydroxyl groups is 1. The van der Waals surface area contributed by atoms with Gasteiger partial charge in [-0.3, -0.25) is 9.59 Å². The predicted molar refractivity (Wildman–Crippen MR) is 119 cm³/mol. The quantitative estimate of drug-likeness (QED) is 0.382. The van der Waals surface area contributed by atoms with Crippen LogP contribution in [-0.2, 0) is 14.3 Å². The third kappa shape index (κ3) is 4.86. The van der Waals surface area contributed by atoms with Crippen molar-refractivity contribution in [3.63, 3.8) is 0 Å². The summed E-state index contributed by atoms with van der Waals surface area (Å²) >= 11 is 7.20. The van der Waals surface area contributed by atoms with E-state index in [2.05, 4.69) is 4.99 Å². The normalized spacial score (nSPS) is 18.8. The maximum Gasteiger partial charge on any atom is 0.323 e. The molecule has 0 saturated carbocycles. The van der Waals surface area contributed by atoms with Gasteiger partial charge in [0.1, 0.15) is 5.04 Å². The molecule has 1 atom stereocenters. The van der Waals surface area contributed by atoms with Crippen molar-refractivity contribution in [1.82, 2.24) is 0 Å². The van der Waals surface area contributed by atoms with Gasteiger partial charge in [-0.05, 0) is 49.8 Å². The number of hydrogen-bond donors (Lipinski definition) is 1. The van der Waals surface area contributed by atoms with Gasteiger partial charge in [-0.1, -0.05) is 41.6 Å². The maximum atomic E-state index is 13.0. The highest BCUT2D eigenvalue weighted by Gasteiger charge is 2.42. The molecule has 1 heterocycles. The fourth-order valence-electron chi connectivity index (χ4n) is 2.82. The Kier molecular flexibility index (Phi) is 7.18. The molecule has 1 aliphatic rings. The topological polar surface area (TPSA) is 85.2 Å². The van der Waals surface area contributed by atoms with E-state index in [1.165, 1.54) is 6.07 Å². The molecule has 2 aromatic rings. The van der Waals surface area contributed by atoms with Crippen molar-refractivity contribution in [1.29, 1.82) is 0 Å². The molecule has 1 N–H and O–H groups in total. The number of para-hydroxylation sites is 1. The first-order valence-corrected chi connectivity index (χ1v) is 10.5. The third-order valence-corrected chi connectivity index (χ3v) is 5.50. The second-order valence-electron chi connectivity index (χ2n) is 6.23. The van der Waals surface area contributed by atoms with Gasteiger partial charge in [0.25, 0.3) is 0 Å². The van der Waals surface area contributed by atoms with Crippen LogP contribution in [-0.4, -0.2) is 35.1 Å². The van der Waals surface area contributed by atoms with Crippen LogP contribution in [0, 0.1) is 5.92 Å². The number of aliphatic imine (C=N–C) groups is 1. The molecule has 156 valence electrons. The van der Waals surface area contributed by atoms with Gasteiger partial charge >= 0.3 is 5.97 Å². The maximum absolute atomic E-state index is 13.0. The number of allylic oxidation sites excluding steroid dienone is 1. The second-order valence-corrected chi connectivity index (χ2v) is 7.70. The molecule has 1 unspecified atom stereocenters. The third-order valence-electron chi connectivity index (χ3n) is 4.13. The fraction of sp³-hybridized carbons (Fsp3) is 0.227. The smallest absolute Gasteiger partial charge is 0.323 e. The van der Waals surface area contributed by atoms with E-state index in [-0.39, 0.29) is 23.1 Å². The molecule has 8 heteroatoms. The summed E-state index contributed by atoms with van der Waals surface area (Å²) < 4.78 is 10.5. The van der Waals surface area contributed by atoms with E-state index in [1.807, 2.05) is 18.2 Å². The van der Waals surface area contributed by atoms with Gasteiger partial charge < -0.3 is 14.6 Å². The average Bonchev–Trinajstić information content (AvgIpc) is 3.01. The zero-order valence-electron chi connectivity index (χ0n) is 16.4. The van der Waals surface area contributed by atoms with Crippen LogP contribution in [0.15, 0.2) is 52.4 Å². The molecular formula is C22H20ClNO5S. The first-order chi connectivity index (χ1) is 14.4. The number of Topliss-reactive ketones (excluding diaryl/α,β-unsaturated/α-hetero) is 1. The van der Waals surface area contributed by atoms with E-state index in [1.54, 1.807) is 38.1 Å². The number of benzene rings is 2. The molecule has 0 aromatic heterocycles. The molecule has 0 radical (unpaired) electrons. The summed E-state index contributed by atoms with van der Waals surface area (Å²) in [6, 6.07) is 12.2. The van der Waals surface area contributed by atoms with Gasteiger partial charge in [-0.25, -0.2) is 4.99 Å². The standard InChI is InChI=1S/C22H20ClNO5S/c1-3-28-16-11-13(10-15(23)19(16)25)12-17-20(26)18(22(27)29-4-2)21(30-17)24-14-8-6-5-7-9-14/h5-12,18,25H,3-4H2,1-2H3. The molecule has 30 heavy (non-hydrogen) atoms. The van der Waals surface area contributed by atoms with Crippen molar-refractivity contribution in [3.05, 3.63) is 58.0 Å². The largest absolute Gasteiger partial charge is 0.503 e. The number of phenols is 1. The lowest BCUT2D eigenvalue weighted by molar-refractivity contribution is -0.147. The van der Waals surface area contributed by atoms with Crippen LogP contribution in [0.25, 0.3) is 6.08 Å². The number of carbonyl (C=O) groups excluding carboxylic acids is 2. The lowest BCUT2D eigenvalue weighted by Gasteiger charge is -2.08. The number of thioether (sulfide) groups is 1. The molecule has 1 fully saturated rings. The monoisotopic (exact) mass is 445 g/mol. The number of ketones is 1. The van der Waals surface area contributed by atoms with Crippen LogP contribution in [0.1, 0.15) is 19.4 Å². The number of phenolic OH excluding ortho intramolecular Hbond substituents is 1. The molecule has 0 spiro atoms. The van der Waals surface area contributed by atoms with E-state index in [0.717, 1.165) is 11.8 Å². The van der Waals surface area contributed by atoms with Gasteiger partial charge in [-0.15, -0.1) is 0 Å². The van der Waals surface area contributed by atoms with E-state index in [9.17, 15) is 14.7 Å². The van der Waals surface area contributed by atoms with Crippen molar-refractivity contribution >= 4 is 51.9 Å². The van der Waals surface area contributed by atoms with Crippen molar-refractivity contribution in [3.8, 4) is 11.5 Å². The lowest BCUT2D eigenvalue weighted by Crippen LogP contribution is -2.27. The Balaban J connectivity index is 2.01. The van der Waals surface area contributed by atoms with Crippen molar-refractivity contribution < 1.29 is 24.2 Å². The molecule has 6 nitrogen and oxygen atoms in total. The van der Waals surface area contributed by atoms with Gasteiger partial charge in [0, 0.05) is 0 Å². The number of carbonyl (C=O) groups is 2. The number of hydrogen-bond acceptors (Lipinski definition) is 7. The van der Waals surface area contributed by atoms with Crippen molar-refractivity contribution in [2.75, 3.05) is 13.2 Å². The average molecular weight is 446 g/mol. The van der Waals surface area contributed by atoms with Crippen molar-refractivity contribution in [2.45, 2.75) is 13.8 Å². The Bertz CT molecular complexity index is 1020. The summed E-state index contributed by atoms with van der Waals surface area (Å²) in [7, 11) is 0. The van der Waals surface area contributed by atoms with Crippen LogP contribution >= 0.6 is 23.4 Å². The Hall–Kier alpha value is -2.77. The highest BCUT2D eigenvalue weighted by atomic mass is 35.5. The number of halogens is 1. The van der Waals surface area contributed by atoms with Crippen molar-refractivity contribution in [2.24, 2.45) is 10.9 Å². The summed E-state index contributed by atoms with van der Waals surface area (Å²) in [5.41, 5.74) is 1.19. The van der Waals surface area contributed by atoms with E-state index < -0.39 is 17.7 Å². The summed E-state index contributed by atoms with van der Waals surface area (Å²) in [6.07, 6.45) is 1.60. The van der Waals surface area contributed by atoms with Gasteiger partial charge in [0.05, 0.1) is 28.8 Å². The van der Waals surface area contributed by atoms with Crippen LogP contribution in [0.4, 0.5) is 5.69 Å². The summed E-state index contributed by atoms with van der Waals surface area (Å²) in [4.78, 5) is 30.3. The first-order valence-electron chi connectivity index (χ1n) is 9.33. The molecule has 0 aliphatic carbocycles. The van der Waals surface area contributed by atoms with Gasteiger partial charge in [0.15, 0.2) is 23.2 Å². The Labute approximate surface area is 183 Å². The fourth-order valence-corrected chi connectivity index (χ4v) is 4.15. The Morgan fingerprint density at radius 2 is 1.97 bits per heavy atom. The second kappa shape index (κ2) is 9.82. The summed E-state index contributed by atoms with van der Waals surface area (Å²) in [5.74, 6) is -2.09. The highest BCUT2D eigenvalue weighted by molar-refractivity contribution is 8.19. The van der Waals surface area contributed by atoms with Crippen LogP contribution in [0.3, 0.4) is 0 Å². The molecule has 1 saturated heterocycles. The molecular weight excluding hydrogens is 426 g/mol. The number of esters is 1. The summed E-state index contributed by atoms with van der Waals surface area (Å²) in [5, 5.41) is 10.5. The van der Waals surface area contributed by atoms with Crippen LogP contribution in [0.5, 0.6) is 11.5 Å². The van der Waals surface area contributed by atoms with E-state index in [4.69, 9.17) is 21.1 Å².